The van der Waals surface area contributed by atoms with Gasteiger partial charge >= 0.3 is 12.4 Å². The van der Waals surface area contributed by atoms with Crippen molar-refractivity contribution in [1.29, 1.82) is 0 Å². The molecule has 0 radical (unpaired) electrons. The van der Waals surface area contributed by atoms with Gasteiger partial charge in [0.25, 0.3) is 11.6 Å². The van der Waals surface area contributed by atoms with E-state index in [0.717, 1.165) is 18.2 Å². The Labute approximate surface area is 169 Å². The number of benzene rings is 1. The minimum Gasteiger partial charge on any atom is -0.493 e. The highest BCUT2D eigenvalue weighted by molar-refractivity contribution is 5.95. The third-order valence-corrected chi connectivity index (χ3v) is 3.66. The second-order valence-corrected chi connectivity index (χ2v) is 5.95. The van der Waals surface area contributed by atoms with E-state index < -0.39 is 64.0 Å². The molecule has 0 fully saturated rings. The van der Waals surface area contributed by atoms with Crippen molar-refractivity contribution in [3.05, 3.63) is 63.2 Å². The number of alkyl halides is 6. The lowest BCUT2D eigenvalue weighted by atomic mass is 10.1. The number of hydrogen-bond donors (Lipinski definition) is 1. The summed E-state index contributed by atoms with van der Waals surface area (Å²) in [6.45, 7) is -0.597. The molecule has 0 saturated carbocycles. The van der Waals surface area contributed by atoms with Crippen molar-refractivity contribution in [3.8, 4) is 5.75 Å². The maximum Gasteiger partial charge on any atom is 0.433 e. The van der Waals surface area contributed by atoms with E-state index in [4.69, 9.17) is 4.74 Å². The number of nitrogens with zero attached hydrogens (tertiary/aromatic N) is 2. The van der Waals surface area contributed by atoms with Crippen LogP contribution >= 0.6 is 0 Å². The number of rotatable bonds is 7. The summed E-state index contributed by atoms with van der Waals surface area (Å²) in [5.41, 5.74) is -4.69. The highest BCUT2D eigenvalue weighted by atomic mass is 19.4. The van der Waals surface area contributed by atoms with Crippen LogP contribution in [0.25, 0.3) is 0 Å². The Morgan fingerprint density at radius 1 is 1.06 bits per heavy atom. The molecule has 1 amide bonds. The maximum absolute atomic E-state index is 13.7. The Morgan fingerprint density at radius 2 is 1.65 bits per heavy atom. The van der Waals surface area contributed by atoms with Crippen molar-refractivity contribution in [1.82, 2.24) is 10.3 Å². The molecule has 0 spiro atoms. The van der Waals surface area contributed by atoms with Crippen LogP contribution in [0, 0.1) is 15.9 Å². The molecule has 1 N–H and O–H groups in total. The van der Waals surface area contributed by atoms with Crippen LogP contribution in [0.3, 0.4) is 0 Å². The van der Waals surface area contributed by atoms with Crippen LogP contribution in [0.1, 0.15) is 28.2 Å². The van der Waals surface area contributed by atoms with Gasteiger partial charge in [-0.15, -0.1) is 0 Å². The monoisotopic (exact) mass is 455 g/mol. The molecule has 0 bridgehead atoms. The first-order valence-corrected chi connectivity index (χ1v) is 8.30. The molecule has 0 atom stereocenters. The smallest absolute Gasteiger partial charge is 0.433 e. The number of pyridine rings is 1. The molecule has 2 rings (SSSR count). The van der Waals surface area contributed by atoms with Crippen LogP contribution in [-0.4, -0.2) is 29.0 Å². The summed E-state index contributed by atoms with van der Waals surface area (Å²) >= 11 is 0. The van der Waals surface area contributed by atoms with Crippen molar-refractivity contribution >= 4 is 11.6 Å². The molecule has 1 aromatic heterocycles. The highest BCUT2D eigenvalue weighted by Gasteiger charge is 2.39. The Balaban J connectivity index is 1.97. The zero-order valence-corrected chi connectivity index (χ0v) is 15.2. The number of ether oxygens (including phenoxy) is 1. The molecule has 7 nitrogen and oxygen atoms in total. The van der Waals surface area contributed by atoms with Gasteiger partial charge in [-0.1, -0.05) is 0 Å². The SMILES string of the molecule is O=C(NCCCOc1cc(C(F)(F)F)nc(C(F)(F)F)c1)c1cc([N+](=O)[O-])ccc1F. The van der Waals surface area contributed by atoms with Crippen LogP contribution < -0.4 is 10.1 Å². The average molecular weight is 455 g/mol. The summed E-state index contributed by atoms with van der Waals surface area (Å²) in [5, 5.41) is 12.9. The van der Waals surface area contributed by atoms with E-state index in [0.29, 0.717) is 12.1 Å². The van der Waals surface area contributed by atoms with Gasteiger partial charge in [-0.3, -0.25) is 14.9 Å². The molecule has 2 aromatic rings. The molecule has 0 unspecified atom stereocenters. The fourth-order valence-electron chi connectivity index (χ4n) is 2.24. The number of nitro groups is 1. The van der Waals surface area contributed by atoms with Gasteiger partial charge in [0.05, 0.1) is 17.1 Å². The minimum atomic E-state index is -5.13. The molecule has 0 aliphatic rings. The standard InChI is InChI=1S/C17H12F7N3O4/c18-12-3-2-9(27(29)30)6-11(12)15(28)25-4-1-5-31-10-7-13(16(19,20)21)26-14(8-10)17(22,23)24/h2-3,6-8H,1,4-5H2,(H,25,28). The zero-order chi connectivity index (χ0) is 23.4. The van der Waals surface area contributed by atoms with Crippen LogP contribution in [-0.2, 0) is 12.4 Å². The van der Waals surface area contributed by atoms with Gasteiger partial charge in [-0.05, 0) is 12.5 Å². The fourth-order valence-corrected chi connectivity index (χ4v) is 2.24. The Hall–Kier alpha value is -3.45. The molecule has 0 aliphatic carbocycles. The van der Waals surface area contributed by atoms with Crippen molar-refractivity contribution in [2.45, 2.75) is 18.8 Å². The topological polar surface area (TPSA) is 94.4 Å². The van der Waals surface area contributed by atoms with Crippen molar-refractivity contribution in [2.24, 2.45) is 0 Å². The van der Waals surface area contributed by atoms with Crippen molar-refractivity contribution in [2.75, 3.05) is 13.2 Å². The summed E-state index contributed by atoms with van der Waals surface area (Å²) in [4.78, 5) is 24.3. The Bertz CT molecular complexity index is 945. The van der Waals surface area contributed by atoms with Crippen LogP contribution in [0.2, 0.25) is 0 Å². The summed E-state index contributed by atoms with van der Waals surface area (Å²) in [6.07, 6.45) is -10.3. The first kappa shape index (κ1) is 23.8. The first-order chi connectivity index (χ1) is 14.3. The third kappa shape index (κ3) is 6.52. The summed E-state index contributed by atoms with van der Waals surface area (Å²) in [6, 6.07) is 2.91. The van der Waals surface area contributed by atoms with E-state index in [9.17, 15) is 45.6 Å². The predicted molar refractivity (Wildman–Crippen MR) is 89.7 cm³/mol. The molecule has 0 aliphatic heterocycles. The van der Waals surface area contributed by atoms with E-state index in [1.54, 1.807) is 0 Å². The van der Waals surface area contributed by atoms with Crippen molar-refractivity contribution < 1.29 is 45.2 Å². The lowest BCUT2D eigenvalue weighted by molar-refractivity contribution is -0.384. The normalized spacial score (nSPS) is 11.8. The lowest BCUT2D eigenvalue weighted by Crippen LogP contribution is -2.26. The molecule has 31 heavy (non-hydrogen) atoms. The van der Waals surface area contributed by atoms with E-state index in [1.165, 1.54) is 0 Å². The maximum atomic E-state index is 13.7. The summed E-state index contributed by atoms with van der Waals surface area (Å²) in [5.74, 6) is -2.75. The zero-order valence-electron chi connectivity index (χ0n) is 15.2. The number of non-ortho nitro benzene ring substituents is 1. The molecular formula is C17H12F7N3O4. The number of carbonyl (C=O) groups is 1. The van der Waals surface area contributed by atoms with Crippen molar-refractivity contribution in [3.63, 3.8) is 0 Å². The van der Waals surface area contributed by atoms with E-state index >= 15 is 0 Å². The number of nitro benzene ring substituents is 1. The van der Waals surface area contributed by atoms with Gasteiger partial charge in [0.1, 0.15) is 23.0 Å². The largest absolute Gasteiger partial charge is 0.493 e. The number of aromatic nitrogens is 1. The lowest BCUT2D eigenvalue weighted by Gasteiger charge is -2.14. The fraction of sp³-hybridized carbons (Fsp3) is 0.294. The van der Waals surface area contributed by atoms with Crippen LogP contribution in [0.5, 0.6) is 5.75 Å². The molecule has 0 saturated heterocycles. The van der Waals surface area contributed by atoms with Gasteiger partial charge in [-0.2, -0.15) is 26.3 Å². The number of amides is 1. The number of halogens is 7. The molecule has 1 heterocycles. The molecular weight excluding hydrogens is 443 g/mol. The van der Waals surface area contributed by atoms with Crippen LogP contribution in [0.15, 0.2) is 30.3 Å². The third-order valence-electron chi connectivity index (χ3n) is 3.66. The quantitative estimate of drug-likeness (QED) is 0.290. The number of carbonyl (C=O) groups excluding carboxylic acids is 1. The van der Waals surface area contributed by atoms with E-state index in [-0.39, 0.29) is 13.0 Å². The van der Waals surface area contributed by atoms with Gasteiger partial charge in [-0.25, -0.2) is 9.37 Å². The van der Waals surface area contributed by atoms with E-state index in [2.05, 4.69) is 10.3 Å². The number of nitrogens with one attached hydrogen (secondary N) is 1. The average Bonchev–Trinajstić information content (AvgIpc) is 2.66. The van der Waals surface area contributed by atoms with Crippen LogP contribution in [0.4, 0.5) is 36.4 Å². The molecule has 1 aromatic carbocycles. The molecule has 168 valence electrons. The first-order valence-electron chi connectivity index (χ1n) is 8.30. The molecule has 14 heteroatoms. The predicted octanol–water partition coefficient (Wildman–Crippen LogP) is 4.37. The summed E-state index contributed by atoms with van der Waals surface area (Å²) < 4.78 is 94.9. The van der Waals surface area contributed by atoms with Gasteiger partial charge in [0.15, 0.2) is 0 Å². The minimum absolute atomic E-state index is 0.0761. The second kappa shape index (κ2) is 9.14. The van der Waals surface area contributed by atoms with Gasteiger partial charge in [0.2, 0.25) is 0 Å². The van der Waals surface area contributed by atoms with Gasteiger partial charge in [0, 0.05) is 30.8 Å². The Morgan fingerprint density at radius 3 is 2.16 bits per heavy atom. The second-order valence-electron chi connectivity index (χ2n) is 5.95. The highest BCUT2D eigenvalue weighted by Crippen LogP contribution is 2.35. The summed E-state index contributed by atoms with van der Waals surface area (Å²) in [7, 11) is 0. The Kier molecular flexibility index (Phi) is 7.02. The number of hydrogen-bond acceptors (Lipinski definition) is 5. The van der Waals surface area contributed by atoms with Gasteiger partial charge < -0.3 is 10.1 Å². The van der Waals surface area contributed by atoms with E-state index in [1.807, 2.05) is 0 Å².